The van der Waals surface area contributed by atoms with E-state index < -0.39 is 41.4 Å². The molecule has 0 spiro atoms. The van der Waals surface area contributed by atoms with Gasteiger partial charge in [-0.1, -0.05) is 12.1 Å². The number of carbonyl (C=O) groups excluding carboxylic acids is 2. The fourth-order valence-electron chi connectivity index (χ4n) is 4.30. The van der Waals surface area contributed by atoms with Crippen molar-refractivity contribution < 1.29 is 39.9 Å². The van der Waals surface area contributed by atoms with Crippen LogP contribution in [0.3, 0.4) is 0 Å². The fourth-order valence-corrected chi connectivity index (χ4v) is 4.30. The Balaban J connectivity index is 1.95. The van der Waals surface area contributed by atoms with E-state index in [9.17, 15) is 35.1 Å². The third-order valence-corrected chi connectivity index (χ3v) is 5.92. The van der Waals surface area contributed by atoms with Gasteiger partial charge in [-0.15, -0.1) is 0 Å². The largest absolute Gasteiger partial charge is 0.507 e. The van der Waals surface area contributed by atoms with Gasteiger partial charge in [0.2, 0.25) is 5.78 Å². The number of rotatable bonds is 3. The van der Waals surface area contributed by atoms with E-state index in [4.69, 9.17) is 4.74 Å². The molecule has 0 bridgehead atoms. The van der Waals surface area contributed by atoms with Gasteiger partial charge in [-0.2, -0.15) is 0 Å². The van der Waals surface area contributed by atoms with Crippen molar-refractivity contribution in [2.24, 2.45) is 0 Å². The summed E-state index contributed by atoms with van der Waals surface area (Å²) in [4.78, 5) is 26.2. The monoisotopic (exact) mass is 400 g/mol. The number of aliphatic hydroxyl groups excluding tert-OH is 2. The summed E-state index contributed by atoms with van der Waals surface area (Å²) in [5.41, 5.74) is -2.00. The molecule has 2 aromatic rings. The minimum atomic E-state index is -1.73. The van der Waals surface area contributed by atoms with Gasteiger partial charge in [0.15, 0.2) is 5.78 Å². The van der Waals surface area contributed by atoms with Gasteiger partial charge in [-0.05, 0) is 18.9 Å². The van der Waals surface area contributed by atoms with Crippen molar-refractivity contribution in [2.45, 2.75) is 31.0 Å². The van der Waals surface area contributed by atoms with Gasteiger partial charge in [-0.25, -0.2) is 0 Å². The Kier molecular flexibility index (Phi) is 4.38. The van der Waals surface area contributed by atoms with Crippen LogP contribution in [0, 0.1) is 0 Å². The number of ketones is 2. The zero-order valence-electron chi connectivity index (χ0n) is 15.6. The number of methoxy groups -OCH3 is 1. The van der Waals surface area contributed by atoms with Gasteiger partial charge in [0.1, 0.15) is 23.4 Å². The molecular weight excluding hydrogens is 380 g/mol. The summed E-state index contributed by atoms with van der Waals surface area (Å²) < 4.78 is 5.19. The first-order chi connectivity index (χ1) is 13.7. The first kappa shape index (κ1) is 19.4. The number of aliphatic hydroxyl groups is 3. The normalized spacial score (nSPS) is 21.2. The van der Waals surface area contributed by atoms with Crippen LogP contribution in [0.4, 0.5) is 0 Å². The number of fused-ring (bicyclic) bond motifs is 3. The number of hydrogen-bond acceptors (Lipinski definition) is 8. The topological polar surface area (TPSA) is 145 Å². The maximum atomic E-state index is 13.1. The van der Waals surface area contributed by atoms with Crippen molar-refractivity contribution >= 4 is 11.6 Å². The van der Waals surface area contributed by atoms with Crippen LogP contribution >= 0.6 is 0 Å². The number of phenolic OH excluding ortho intramolecular Hbond substituents is 2. The van der Waals surface area contributed by atoms with E-state index in [1.807, 2.05) is 0 Å². The fraction of sp³-hybridized carbons (Fsp3) is 0.333. The molecule has 0 heterocycles. The smallest absolute Gasteiger partial charge is 0.202 e. The van der Waals surface area contributed by atoms with Crippen molar-refractivity contribution in [2.75, 3.05) is 13.7 Å². The summed E-state index contributed by atoms with van der Waals surface area (Å²) in [5.74, 6) is -2.05. The number of phenols is 2. The first-order valence-corrected chi connectivity index (χ1v) is 9.12. The molecule has 4 rings (SSSR count). The lowest BCUT2D eigenvalue weighted by Crippen LogP contribution is -2.48. The van der Waals surface area contributed by atoms with Gasteiger partial charge >= 0.3 is 0 Å². The van der Waals surface area contributed by atoms with Gasteiger partial charge < -0.3 is 30.3 Å². The molecule has 0 radical (unpaired) electrons. The van der Waals surface area contributed by atoms with Gasteiger partial charge in [0, 0.05) is 23.1 Å². The Morgan fingerprint density at radius 1 is 1.07 bits per heavy atom. The lowest BCUT2D eigenvalue weighted by atomic mass is 9.72. The molecule has 0 aromatic heterocycles. The highest BCUT2D eigenvalue weighted by atomic mass is 16.5. The van der Waals surface area contributed by atoms with Crippen molar-refractivity contribution in [3.05, 3.63) is 51.6 Å². The summed E-state index contributed by atoms with van der Waals surface area (Å²) in [6, 6.07) is 4.50. The van der Waals surface area contributed by atoms with E-state index >= 15 is 0 Å². The zero-order valence-corrected chi connectivity index (χ0v) is 15.6. The Morgan fingerprint density at radius 3 is 2.38 bits per heavy atom. The molecule has 2 atom stereocenters. The van der Waals surface area contributed by atoms with Crippen LogP contribution in [0.5, 0.6) is 17.2 Å². The van der Waals surface area contributed by atoms with Crippen molar-refractivity contribution in [3.8, 4) is 17.2 Å². The molecule has 2 aliphatic rings. The van der Waals surface area contributed by atoms with Gasteiger partial charge in [0.25, 0.3) is 0 Å². The second-order valence-electron chi connectivity index (χ2n) is 7.42. The highest BCUT2D eigenvalue weighted by Gasteiger charge is 2.45. The number of ether oxygens (including phenoxy) is 1. The lowest BCUT2D eigenvalue weighted by Gasteiger charge is -2.38. The number of benzene rings is 2. The van der Waals surface area contributed by atoms with Crippen LogP contribution in [0.2, 0.25) is 0 Å². The molecule has 0 fully saturated rings. The predicted molar refractivity (Wildman–Crippen MR) is 99.7 cm³/mol. The summed E-state index contributed by atoms with van der Waals surface area (Å²) in [5, 5.41) is 51.6. The van der Waals surface area contributed by atoms with Crippen LogP contribution in [-0.4, -0.2) is 62.5 Å². The van der Waals surface area contributed by atoms with E-state index in [-0.39, 0.29) is 58.4 Å². The minimum absolute atomic E-state index is 0.00441. The van der Waals surface area contributed by atoms with E-state index in [1.54, 1.807) is 6.07 Å². The Hall–Kier alpha value is -2.94. The number of hydrogen-bond donors (Lipinski definition) is 5. The second kappa shape index (κ2) is 6.55. The molecule has 0 amide bonds. The molecule has 5 N–H and O–H groups in total. The highest BCUT2D eigenvalue weighted by Crippen LogP contribution is 2.48. The summed E-state index contributed by atoms with van der Waals surface area (Å²) >= 11 is 0. The lowest BCUT2D eigenvalue weighted by molar-refractivity contribution is -0.102. The van der Waals surface area contributed by atoms with Crippen molar-refractivity contribution in [3.63, 3.8) is 0 Å². The SMILES string of the molecule is COc1cccc2c1C(=O)c1c(O)c3c(c(O)c1C2=O)C[C@@](O)(C(O)CO)CC3. The van der Waals surface area contributed by atoms with Crippen LogP contribution in [0.15, 0.2) is 18.2 Å². The van der Waals surface area contributed by atoms with E-state index in [0.717, 1.165) is 0 Å². The maximum Gasteiger partial charge on any atom is 0.202 e. The molecular formula is C21H20O8. The standard InChI is InChI=1S/C21H20O8/c1-29-12-4-2-3-10-14(12)20(27)16-15(18(10)25)19(26)11-7-21(28,13(23)8-22)6-5-9(11)17(16)24/h2-4,13,22-24,26,28H,5-8H2,1H3/t13?,21-/m1/s1. The predicted octanol–water partition coefficient (Wildman–Crippen LogP) is 0.455. The quantitative estimate of drug-likeness (QED) is 0.399. The minimum Gasteiger partial charge on any atom is -0.507 e. The van der Waals surface area contributed by atoms with E-state index in [1.165, 1.54) is 19.2 Å². The third kappa shape index (κ3) is 2.57. The van der Waals surface area contributed by atoms with Crippen LogP contribution in [0.1, 0.15) is 49.4 Å². The highest BCUT2D eigenvalue weighted by molar-refractivity contribution is 6.31. The molecule has 1 unspecified atom stereocenters. The molecule has 8 heteroatoms. The molecule has 0 saturated carbocycles. The van der Waals surface area contributed by atoms with Crippen molar-refractivity contribution in [1.29, 1.82) is 0 Å². The Labute approximate surface area is 165 Å². The maximum absolute atomic E-state index is 13.1. The first-order valence-electron chi connectivity index (χ1n) is 9.12. The van der Waals surface area contributed by atoms with E-state index in [2.05, 4.69) is 0 Å². The molecule has 0 aliphatic heterocycles. The van der Waals surface area contributed by atoms with Crippen LogP contribution in [-0.2, 0) is 12.8 Å². The Bertz CT molecular complexity index is 1060. The van der Waals surface area contributed by atoms with Crippen molar-refractivity contribution in [1.82, 2.24) is 0 Å². The Morgan fingerprint density at radius 2 is 1.72 bits per heavy atom. The van der Waals surface area contributed by atoms with Crippen LogP contribution < -0.4 is 4.74 Å². The van der Waals surface area contributed by atoms with Crippen LogP contribution in [0.25, 0.3) is 0 Å². The average molecular weight is 400 g/mol. The summed E-state index contributed by atoms with van der Waals surface area (Å²) in [6.07, 6.45) is -1.72. The zero-order chi connectivity index (χ0) is 21.1. The molecule has 0 saturated heterocycles. The molecule has 8 nitrogen and oxygen atoms in total. The number of aromatic hydroxyl groups is 2. The molecule has 2 aromatic carbocycles. The summed E-state index contributed by atoms with van der Waals surface area (Å²) in [6.45, 7) is -0.686. The molecule has 152 valence electrons. The van der Waals surface area contributed by atoms with Gasteiger partial charge in [-0.3, -0.25) is 9.59 Å². The molecule has 2 aliphatic carbocycles. The van der Waals surface area contributed by atoms with E-state index in [0.29, 0.717) is 0 Å². The number of carbonyl (C=O) groups is 2. The van der Waals surface area contributed by atoms with Gasteiger partial charge in [0.05, 0.1) is 36.0 Å². The average Bonchev–Trinajstić information content (AvgIpc) is 2.73. The summed E-state index contributed by atoms with van der Waals surface area (Å²) in [7, 11) is 1.36. The molecule has 29 heavy (non-hydrogen) atoms. The third-order valence-electron chi connectivity index (χ3n) is 5.92. The second-order valence-corrected chi connectivity index (χ2v) is 7.42.